The van der Waals surface area contributed by atoms with Gasteiger partial charge in [-0.05, 0) is 25.3 Å². The van der Waals surface area contributed by atoms with E-state index in [1.165, 1.54) is 11.3 Å². The Bertz CT molecular complexity index is 568. The number of pyridine rings is 1. The van der Waals surface area contributed by atoms with Crippen LogP contribution in [0.4, 0.5) is 5.69 Å². The number of fused-ring (bicyclic) bond motifs is 1. The molecule has 6 heteroatoms. The lowest BCUT2D eigenvalue weighted by Crippen LogP contribution is -2.24. The molecule has 2 heterocycles. The number of nitrogens with one attached hydrogen (secondary N) is 1. The van der Waals surface area contributed by atoms with E-state index in [0.29, 0.717) is 17.1 Å². The van der Waals surface area contributed by atoms with Crippen LogP contribution < -0.4 is 11.1 Å². The fraction of sp³-hybridized carbons (Fsp3) is 0.385. The summed E-state index contributed by atoms with van der Waals surface area (Å²) in [5.41, 5.74) is 6.50. The summed E-state index contributed by atoms with van der Waals surface area (Å²) < 4.78 is 0.922. The summed E-state index contributed by atoms with van der Waals surface area (Å²) in [7, 11) is 0. The molecule has 0 unspecified atom stereocenters. The molecule has 0 aromatic carbocycles. The summed E-state index contributed by atoms with van der Waals surface area (Å²) in [4.78, 5) is 16.6. The zero-order valence-electron chi connectivity index (χ0n) is 10.6. The SMILES string of the molecule is Nc1c(C(=O)NCCCCCO)sc2cnccc12. The predicted molar refractivity (Wildman–Crippen MR) is 77.3 cm³/mol. The van der Waals surface area contributed by atoms with Gasteiger partial charge in [0.05, 0.1) is 10.4 Å². The largest absolute Gasteiger partial charge is 0.397 e. The molecule has 2 aromatic heterocycles. The van der Waals surface area contributed by atoms with E-state index in [0.717, 1.165) is 29.3 Å². The molecule has 0 saturated heterocycles. The molecule has 0 radical (unpaired) electrons. The molecule has 2 aromatic rings. The number of thiophene rings is 1. The zero-order valence-corrected chi connectivity index (χ0v) is 11.4. The molecular formula is C13H17N3O2S. The maximum atomic E-state index is 12.0. The fourth-order valence-corrected chi connectivity index (χ4v) is 2.84. The number of rotatable bonds is 6. The Kier molecular flexibility index (Phi) is 4.70. The lowest BCUT2D eigenvalue weighted by atomic mass is 10.2. The Morgan fingerprint density at radius 2 is 2.26 bits per heavy atom. The van der Waals surface area contributed by atoms with Crippen molar-refractivity contribution in [2.45, 2.75) is 19.3 Å². The number of aliphatic hydroxyl groups excluding tert-OH is 1. The summed E-state index contributed by atoms with van der Waals surface area (Å²) in [6.07, 6.45) is 5.92. The molecule has 19 heavy (non-hydrogen) atoms. The van der Waals surface area contributed by atoms with Crippen molar-refractivity contribution in [3.63, 3.8) is 0 Å². The van der Waals surface area contributed by atoms with Gasteiger partial charge in [0.25, 0.3) is 5.91 Å². The second-order valence-corrected chi connectivity index (χ2v) is 5.31. The van der Waals surface area contributed by atoms with Gasteiger partial charge in [-0.25, -0.2) is 0 Å². The Morgan fingerprint density at radius 3 is 3.00 bits per heavy atom. The standard InChI is InChI=1S/C13H17N3O2S/c14-11-9-4-6-15-8-10(9)19-12(11)13(18)16-5-2-1-3-7-17/h4,6,8,17H,1-3,5,7,14H2,(H,16,18). The summed E-state index contributed by atoms with van der Waals surface area (Å²) in [5, 5.41) is 12.4. The van der Waals surface area contributed by atoms with E-state index in [1.54, 1.807) is 12.4 Å². The van der Waals surface area contributed by atoms with Gasteiger partial charge in [0.2, 0.25) is 0 Å². The van der Waals surface area contributed by atoms with Crippen LogP contribution in [0.1, 0.15) is 28.9 Å². The van der Waals surface area contributed by atoms with E-state index in [9.17, 15) is 4.79 Å². The number of aromatic nitrogens is 1. The predicted octanol–water partition coefficient (Wildman–Crippen LogP) is 1.77. The lowest BCUT2D eigenvalue weighted by Gasteiger charge is -2.03. The first-order chi connectivity index (χ1) is 9.24. The molecular weight excluding hydrogens is 262 g/mol. The highest BCUT2D eigenvalue weighted by Crippen LogP contribution is 2.32. The molecule has 0 spiro atoms. The van der Waals surface area contributed by atoms with Gasteiger partial charge in [-0.15, -0.1) is 11.3 Å². The normalized spacial score (nSPS) is 10.8. The number of hydrogen-bond donors (Lipinski definition) is 3. The molecule has 2 rings (SSSR count). The van der Waals surface area contributed by atoms with E-state index in [1.807, 2.05) is 6.07 Å². The van der Waals surface area contributed by atoms with Gasteiger partial charge in [0, 0.05) is 30.9 Å². The van der Waals surface area contributed by atoms with Crippen LogP contribution in [-0.4, -0.2) is 29.1 Å². The third-order valence-corrected chi connectivity index (χ3v) is 4.01. The Labute approximate surface area is 115 Å². The summed E-state index contributed by atoms with van der Waals surface area (Å²) in [6, 6.07) is 1.82. The van der Waals surface area contributed by atoms with Crippen LogP contribution in [0.2, 0.25) is 0 Å². The molecule has 0 saturated carbocycles. The monoisotopic (exact) mass is 279 g/mol. The van der Waals surface area contributed by atoms with E-state index < -0.39 is 0 Å². The van der Waals surface area contributed by atoms with Gasteiger partial charge < -0.3 is 16.2 Å². The van der Waals surface area contributed by atoms with Gasteiger partial charge >= 0.3 is 0 Å². The number of anilines is 1. The minimum absolute atomic E-state index is 0.136. The minimum Gasteiger partial charge on any atom is -0.397 e. The van der Waals surface area contributed by atoms with E-state index in [4.69, 9.17) is 10.8 Å². The van der Waals surface area contributed by atoms with Crippen LogP contribution in [0, 0.1) is 0 Å². The third-order valence-electron chi connectivity index (χ3n) is 2.86. The van der Waals surface area contributed by atoms with Gasteiger partial charge in [0.1, 0.15) is 4.88 Å². The number of carbonyl (C=O) groups excluding carboxylic acids is 1. The first-order valence-corrected chi connectivity index (χ1v) is 7.06. The maximum Gasteiger partial charge on any atom is 0.263 e. The molecule has 0 atom stereocenters. The van der Waals surface area contributed by atoms with E-state index in [2.05, 4.69) is 10.3 Å². The molecule has 102 valence electrons. The number of unbranched alkanes of at least 4 members (excludes halogenated alkanes) is 2. The number of nitrogen functional groups attached to an aromatic ring is 1. The van der Waals surface area contributed by atoms with Gasteiger partial charge in [0.15, 0.2) is 0 Å². The maximum absolute atomic E-state index is 12.0. The van der Waals surface area contributed by atoms with Crippen LogP contribution in [0.5, 0.6) is 0 Å². The quantitative estimate of drug-likeness (QED) is 0.703. The molecule has 5 nitrogen and oxygen atoms in total. The van der Waals surface area contributed by atoms with Gasteiger partial charge in [-0.2, -0.15) is 0 Å². The highest BCUT2D eigenvalue weighted by atomic mass is 32.1. The van der Waals surface area contributed by atoms with E-state index in [-0.39, 0.29) is 12.5 Å². The number of aliphatic hydroxyl groups is 1. The summed E-state index contributed by atoms with van der Waals surface area (Å²) in [6.45, 7) is 0.801. The van der Waals surface area contributed by atoms with Crippen LogP contribution in [0.3, 0.4) is 0 Å². The first kappa shape index (κ1) is 13.8. The van der Waals surface area contributed by atoms with Crippen molar-refractivity contribution in [3.05, 3.63) is 23.3 Å². The molecule has 1 amide bonds. The van der Waals surface area contributed by atoms with Crippen LogP contribution in [0.15, 0.2) is 18.5 Å². The second-order valence-electron chi connectivity index (χ2n) is 4.26. The Morgan fingerprint density at radius 1 is 1.42 bits per heavy atom. The number of nitrogens with zero attached hydrogens (tertiary/aromatic N) is 1. The highest BCUT2D eigenvalue weighted by molar-refractivity contribution is 7.21. The van der Waals surface area contributed by atoms with Crippen LogP contribution in [-0.2, 0) is 0 Å². The summed E-state index contributed by atoms with van der Waals surface area (Å²) in [5.74, 6) is -0.136. The smallest absolute Gasteiger partial charge is 0.263 e. The first-order valence-electron chi connectivity index (χ1n) is 6.25. The Hall–Kier alpha value is -1.66. The number of nitrogens with two attached hydrogens (primary N) is 1. The van der Waals surface area contributed by atoms with Crippen LogP contribution >= 0.6 is 11.3 Å². The lowest BCUT2D eigenvalue weighted by molar-refractivity contribution is 0.0958. The Balaban J connectivity index is 1.99. The van der Waals surface area contributed by atoms with Gasteiger partial charge in [-0.3, -0.25) is 9.78 Å². The summed E-state index contributed by atoms with van der Waals surface area (Å²) >= 11 is 1.36. The molecule has 0 aliphatic rings. The fourth-order valence-electron chi connectivity index (χ4n) is 1.84. The van der Waals surface area contributed by atoms with Crippen molar-refractivity contribution in [2.24, 2.45) is 0 Å². The third kappa shape index (κ3) is 3.21. The van der Waals surface area contributed by atoms with E-state index >= 15 is 0 Å². The molecule has 0 aliphatic carbocycles. The molecule has 0 aliphatic heterocycles. The topological polar surface area (TPSA) is 88.2 Å². The van der Waals surface area contributed by atoms with Crippen molar-refractivity contribution >= 4 is 33.0 Å². The zero-order chi connectivity index (χ0) is 13.7. The average Bonchev–Trinajstić information content (AvgIpc) is 2.76. The van der Waals surface area contributed by atoms with Crippen molar-refractivity contribution < 1.29 is 9.90 Å². The molecule has 4 N–H and O–H groups in total. The molecule has 0 bridgehead atoms. The van der Waals surface area contributed by atoms with Crippen molar-refractivity contribution in [1.29, 1.82) is 0 Å². The van der Waals surface area contributed by atoms with Crippen molar-refractivity contribution in [2.75, 3.05) is 18.9 Å². The van der Waals surface area contributed by atoms with Crippen molar-refractivity contribution in [3.8, 4) is 0 Å². The molecule has 0 fully saturated rings. The number of carbonyl (C=O) groups is 1. The van der Waals surface area contributed by atoms with Crippen molar-refractivity contribution in [1.82, 2.24) is 10.3 Å². The second kappa shape index (κ2) is 6.49. The average molecular weight is 279 g/mol. The minimum atomic E-state index is -0.136. The number of amides is 1. The number of hydrogen-bond acceptors (Lipinski definition) is 5. The van der Waals surface area contributed by atoms with Crippen LogP contribution in [0.25, 0.3) is 10.1 Å². The van der Waals surface area contributed by atoms with Gasteiger partial charge in [-0.1, -0.05) is 0 Å². The highest BCUT2D eigenvalue weighted by Gasteiger charge is 2.15.